The summed E-state index contributed by atoms with van der Waals surface area (Å²) >= 11 is 0. The van der Waals surface area contributed by atoms with Crippen LogP contribution in [0.3, 0.4) is 0 Å². The highest BCUT2D eigenvalue weighted by molar-refractivity contribution is 5.95. The predicted molar refractivity (Wildman–Crippen MR) is 83.5 cm³/mol. The Kier molecular flexibility index (Phi) is 4.62. The molecule has 0 aliphatic heterocycles. The molecule has 1 amide bonds. The van der Waals surface area contributed by atoms with Crippen molar-refractivity contribution in [2.75, 3.05) is 10.6 Å². The second-order valence-corrected chi connectivity index (χ2v) is 5.29. The SMILES string of the molecule is CC[C@H](Nc1cc(C)cc(C)c1)C(=O)Nc1cc(C)on1. The monoisotopic (exact) mass is 287 g/mol. The van der Waals surface area contributed by atoms with Gasteiger partial charge in [-0.15, -0.1) is 0 Å². The molecule has 0 bridgehead atoms. The minimum absolute atomic E-state index is 0.120. The van der Waals surface area contributed by atoms with Crippen molar-refractivity contribution in [3.63, 3.8) is 0 Å². The van der Waals surface area contributed by atoms with E-state index in [2.05, 4.69) is 21.9 Å². The zero-order chi connectivity index (χ0) is 15.4. The Balaban J connectivity index is 2.06. The molecule has 0 unspecified atom stereocenters. The summed E-state index contributed by atoms with van der Waals surface area (Å²) in [4.78, 5) is 12.3. The molecule has 0 saturated heterocycles. The summed E-state index contributed by atoms with van der Waals surface area (Å²) in [5.74, 6) is 0.990. The van der Waals surface area contributed by atoms with Gasteiger partial charge in [-0.05, 0) is 50.5 Å². The summed E-state index contributed by atoms with van der Waals surface area (Å²) < 4.78 is 4.94. The first-order chi connectivity index (χ1) is 9.97. The van der Waals surface area contributed by atoms with Crippen molar-refractivity contribution in [3.8, 4) is 0 Å². The van der Waals surface area contributed by atoms with Gasteiger partial charge in [0.25, 0.3) is 0 Å². The second kappa shape index (κ2) is 6.43. The molecular weight excluding hydrogens is 266 g/mol. The number of nitrogens with zero attached hydrogens (tertiary/aromatic N) is 1. The van der Waals surface area contributed by atoms with E-state index in [0.29, 0.717) is 18.0 Å². The maximum absolute atomic E-state index is 12.3. The molecule has 0 fully saturated rings. The first-order valence-electron chi connectivity index (χ1n) is 7.07. The third-order valence-corrected chi connectivity index (χ3v) is 3.17. The number of aromatic nitrogens is 1. The molecule has 2 N–H and O–H groups in total. The van der Waals surface area contributed by atoms with Gasteiger partial charge in [0.1, 0.15) is 11.8 Å². The van der Waals surface area contributed by atoms with Gasteiger partial charge in [0.2, 0.25) is 5.91 Å². The highest BCUT2D eigenvalue weighted by atomic mass is 16.5. The quantitative estimate of drug-likeness (QED) is 0.884. The molecule has 0 radical (unpaired) electrons. The van der Waals surface area contributed by atoms with Crippen LogP contribution in [0.4, 0.5) is 11.5 Å². The lowest BCUT2D eigenvalue weighted by molar-refractivity contribution is -0.117. The van der Waals surface area contributed by atoms with Crippen LogP contribution in [-0.4, -0.2) is 17.1 Å². The minimum atomic E-state index is -0.316. The van der Waals surface area contributed by atoms with E-state index in [9.17, 15) is 4.79 Å². The summed E-state index contributed by atoms with van der Waals surface area (Å²) in [5.41, 5.74) is 3.28. The van der Waals surface area contributed by atoms with Crippen molar-refractivity contribution in [2.45, 2.75) is 40.2 Å². The highest BCUT2D eigenvalue weighted by Crippen LogP contribution is 2.16. The molecule has 5 nitrogen and oxygen atoms in total. The number of anilines is 2. The molecule has 5 heteroatoms. The van der Waals surface area contributed by atoms with Crippen LogP contribution in [0.15, 0.2) is 28.8 Å². The third-order valence-electron chi connectivity index (χ3n) is 3.17. The summed E-state index contributed by atoms with van der Waals surface area (Å²) in [6.45, 7) is 7.83. The van der Waals surface area contributed by atoms with Gasteiger partial charge in [0, 0.05) is 11.8 Å². The predicted octanol–water partition coefficient (Wildman–Crippen LogP) is 3.43. The molecule has 112 valence electrons. The van der Waals surface area contributed by atoms with E-state index in [1.807, 2.05) is 32.9 Å². The molecule has 0 saturated carbocycles. The Bertz CT molecular complexity index is 614. The standard InChI is InChI=1S/C16H21N3O2/c1-5-14(16(20)18-15-9-12(4)21-19-15)17-13-7-10(2)6-11(3)8-13/h6-9,14,17H,5H2,1-4H3,(H,18,19,20)/t14-/m0/s1. The number of rotatable bonds is 5. The van der Waals surface area contributed by atoms with Crippen LogP contribution in [0.2, 0.25) is 0 Å². The van der Waals surface area contributed by atoms with Crippen molar-refractivity contribution in [3.05, 3.63) is 41.2 Å². The van der Waals surface area contributed by atoms with E-state index in [0.717, 1.165) is 5.69 Å². The molecule has 1 aromatic carbocycles. The van der Waals surface area contributed by atoms with Crippen LogP contribution in [-0.2, 0) is 4.79 Å². The van der Waals surface area contributed by atoms with Crippen molar-refractivity contribution >= 4 is 17.4 Å². The van der Waals surface area contributed by atoms with Crippen LogP contribution in [0.5, 0.6) is 0 Å². The molecule has 1 heterocycles. The fraction of sp³-hybridized carbons (Fsp3) is 0.375. The Labute approximate surface area is 124 Å². The number of carbonyl (C=O) groups is 1. The molecular formula is C16H21N3O2. The zero-order valence-corrected chi connectivity index (χ0v) is 12.9. The first kappa shape index (κ1) is 15.1. The van der Waals surface area contributed by atoms with Crippen molar-refractivity contribution in [2.24, 2.45) is 0 Å². The lowest BCUT2D eigenvalue weighted by atomic mass is 10.1. The molecule has 2 rings (SSSR count). The number of nitrogens with one attached hydrogen (secondary N) is 2. The van der Waals surface area contributed by atoms with Gasteiger partial charge in [-0.2, -0.15) is 0 Å². The molecule has 0 aliphatic rings. The topological polar surface area (TPSA) is 67.2 Å². The Morgan fingerprint density at radius 1 is 1.19 bits per heavy atom. The molecule has 0 aliphatic carbocycles. The van der Waals surface area contributed by atoms with E-state index in [1.54, 1.807) is 13.0 Å². The lowest BCUT2D eigenvalue weighted by Gasteiger charge is -2.18. The van der Waals surface area contributed by atoms with E-state index >= 15 is 0 Å². The zero-order valence-electron chi connectivity index (χ0n) is 12.9. The van der Waals surface area contributed by atoms with Gasteiger partial charge in [0.15, 0.2) is 5.82 Å². The number of aryl methyl sites for hydroxylation is 3. The number of hydrogen-bond donors (Lipinski definition) is 2. The van der Waals surface area contributed by atoms with Crippen molar-refractivity contribution < 1.29 is 9.32 Å². The number of amides is 1. The summed E-state index contributed by atoms with van der Waals surface area (Å²) in [6.07, 6.45) is 0.676. The average molecular weight is 287 g/mol. The fourth-order valence-electron chi connectivity index (χ4n) is 2.25. The van der Waals surface area contributed by atoms with E-state index in [4.69, 9.17) is 4.52 Å². The van der Waals surface area contributed by atoms with E-state index in [-0.39, 0.29) is 11.9 Å². The molecule has 21 heavy (non-hydrogen) atoms. The summed E-state index contributed by atoms with van der Waals surface area (Å²) in [5, 5.41) is 9.80. The molecule has 2 aromatic rings. The normalized spacial score (nSPS) is 12.0. The molecule has 0 spiro atoms. The Hall–Kier alpha value is -2.30. The van der Waals surface area contributed by atoms with Crippen LogP contribution in [0.25, 0.3) is 0 Å². The smallest absolute Gasteiger partial charge is 0.248 e. The number of hydrogen-bond acceptors (Lipinski definition) is 4. The largest absolute Gasteiger partial charge is 0.374 e. The van der Waals surface area contributed by atoms with E-state index in [1.165, 1.54) is 11.1 Å². The van der Waals surface area contributed by atoms with Crippen LogP contribution >= 0.6 is 0 Å². The number of carbonyl (C=O) groups excluding carboxylic acids is 1. The number of benzene rings is 1. The van der Waals surface area contributed by atoms with Gasteiger partial charge < -0.3 is 15.2 Å². The van der Waals surface area contributed by atoms with Crippen molar-refractivity contribution in [1.82, 2.24) is 5.16 Å². The minimum Gasteiger partial charge on any atom is -0.374 e. The van der Waals surface area contributed by atoms with Gasteiger partial charge in [-0.3, -0.25) is 4.79 Å². The Morgan fingerprint density at radius 3 is 2.38 bits per heavy atom. The second-order valence-electron chi connectivity index (χ2n) is 5.29. The van der Waals surface area contributed by atoms with Gasteiger partial charge >= 0.3 is 0 Å². The lowest BCUT2D eigenvalue weighted by Crippen LogP contribution is -2.34. The van der Waals surface area contributed by atoms with Gasteiger partial charge in [0.05, 0.1) is 0 Å². The van der Waals surface area contributed by atoms with Crippen molar-refractivity contribution in [1.29, 1.82) is 0 Å². The van der Waals surface area contributed by atoms with Gasteiger partial charge in [-0.1, -0.05) is 18.1 Å². The molecule has 1 aromatic heterocycles. The van der Waals surface area contributed by atoms with Crippen LogP contribution < -0.4 is 10.6 Å². The average Bonchev–Trinajstić information content (AvgIpc) is 2.80. The summed E-state index contributed by atoms with van der Waals surface area (Å²) in [7, 11) is 0. The highest BCUT2D eigenvalue weighted by Gasteiger charge is 2.17. The van der Waals surface area contributed by atoms with Crippen LogP contribution in [0, 0.1) is 20.8 Å². The van der Waals surface area contributed by atoms with Gasteiger partial charge in [-0.25, -0.2) is 0 Å². The Morgan fingerprint density at radius 2 is 1.86 bits per heavy atom. The molecule has 1 atom stereocenters. The van der Waals surface area contributed by atoms with E-state index < -0.39 is 0 Å². The first-order valence-corrected chi connectivity index (χ1v) is 7.07. The van der Waals surface area contributed by atoms with Crippen LogP contribution in [0.1, 0.15) is 30.2 Å². The fourth-order valence-corrected chi connectivity index (χ4v) is 2.25. The maximum Gasteiger partial charge on any atom is 0.248 e. The summed E-state index contributed by atoms with van der Waals surface area (Å²) in [6, 6.07) is 7.54. The maximum atomic E-state index is 12.3. The third kappa shape index (κ3) is 4.08.